The third-order valence-corrected chi connectivity index (χ3v) is 3.39. The zero-order valence-electron chi connectivity index (χ0n) is 13.4. The average Bonchev–Trinajstić information content (AvgIpc) is 2.68. The Labute approximate surface area is 121 Å². The standard InChI is InChI=1S/C16H25N3O/c1-16(2,3)13-11-12-7-8-19(6)14(12)17-15(13)20-10-9-18(4)5/h7-8,11H,9-10H2,1-6H3. The molecule has 0 bridgehead atoms. The molecule has 0 aliphatic rings. The molecule has 0 saturated carbocycles. The number of aryl methyl sites for hydroxylation is 1. The molecule has 2 aromatic rings. The molecule has 0 unspecified atom stereocenters. The highest BCUT2D eigenvalue weighted by atomic mass is 16.5. The van der Waals surface area contributed by atoms with Crippen molar-refractivity contribution < 1.29 is 4.74 Å². The number of fused-ring (bicyclic) bond motifs is 1. The molecule has 0 aliphatic heterocycles. The maximum absolute atomic E-state index is 5.94. The summed E-state index contributed by atoms with van der Waals surface area (Å²) >= 11 is 0. The van der Waals surface area contributed by atoms with Crippen molar-refractivity contribution in [3.8, 4) is 5.88 Å². The van der Waals surface area contributed by atoms with Crippen molar-refractivity contribution in [1.29, 1.82) is 0 Å². The molecule has 4 heteroatoms. The molecular formula is C16H25N3O. The molecule has 0 aliphatic carbocycles. The van der Waals surface area contributed by atoms with Crippen LogP contribution in [0.3, 0.4) is 0 Å². The summed E-state index contributed by atoms with van der Waals surface area (Å²) in [5, 5.41) is 1.16. The molecule has 0 aromatic carbocycles. The average molecular weight is 275 g/mol. The number of likely N-dealkylation sites (N-methyl/N-ethyl adjacent to an activating group) is 1. The zero-order valence-corrected chi connectivity index (χ0v) is 13.4. The van der Waals surface area contributed by atoms with E-state index in [4.69, 9.17) is 9.72 Å². The molecule has 0 fully saturated rings. The SMILES string of the molecule is CN(C)CCOc1nc2c(ccn2C)cc1C(C)(C)C. The fraction of sp³-hybridized carbons (Fsp3) is 0.562. The van der Waals surface area contributed by atoms with E-state index in [0.717, 1.165) is 29.0 Å². The number of nitrogens with zero attached hydrogens (tertiary/aromatic N) is 3. The molecule has 0 atom stereocenters. The van der Waals surface area contributed by atoms with Crippen molar-refractivity contribution in [2.45, 2.75) is 26.2 Å². The van der Waals surface area contributed by atoms with E-state index in [1.807, 2.05) is 31.9 Å². The van der Waals surface area contributed by atoms with E-state index in [1.165, 1.54) is 0 Å². The number of aromatic nitrogens is 2. The van der Waals surface area contributed by atoms with Gasteiger partial charge >= 0.3 is 0 Å². The van der Waals surface area contributed by atoms with Gasteiger partial charge in [-0.3, -0.25) is 0 Å². The summed E-state index contributed by atoms with van der Waals surface area (Å²) in [5.41, 5.74) is 2.15. The van der Waals surface area contributed by atoms with Gasteiger partial charge in [0.05, 0.1) is 0 Å². The van der Waals surface area contributed by atoms with E-state index in [1.54, 1.807) is 0 Å². The van der Waals surface area contributed by atoms with Gasteiger partial charge in [0.1, 0.15) is 12.3 Å². The van der Waals surface area contributed by atoms with Gasteiger partial charge in [-0.15, -0.1) is 0 Å². The second kappa shape index (κ2) is 5.44. The van der Waals surface area contributed by atoms with Crippen molar-refractivity contribution >= 4 is 11.0 Å². The Morgan fingerprint density at radius 2 is 2.00 bits per heavy atom. The van der Waals surface area contributed by atoms with Crippen molar-refractivity contribution in [1.82, 2.24) is 14.5 Å². The minimum absolute atomic E-state index is 0.0183. The van der Waals surface area contributed by atoms with Crippen LogP contribution in [0, 0.1) is 0 Å². The molecule has 2 aromatic heterocycles. The van der Waals surface area contributed by atoms with Crippen LogP contribution in [-0.2, 0) is 12.5 Å². The van der Waals surface area contributed by atoms with Crippen molar-refractivity contribution in [3.05, 3.63) is 23.9 Å². The Hall–Kier alpha value is -1.55. The molecular weight excluding hydrogens is 250 g/mol. The molecule has 2 rings (SSSR count). The zero-order chi connectivity index (χ0) is 14.9. The smallest absolute Gasteiger partial charge is 0.219 e. The first kappa shape index (κ1) is 14.9. The van der Waals surface area contributed by atoms with Gasteiger partial charge in [-0.2, -0.15) is 4.98 Å². The van der Waals surface area contributed by atoms with Crippen LogP contribution in [-0.4, -0.2) is 41.7 Å². The second-order valence-corrected chi connectivity index (χ2v) is 6.58. The van der Waals surface area contributed by atoms with Gasteiger partial charge in [-0.25, -0.2) is 0 Å². The normalized spacial score (nSPS) is 12.3. The first-order valence-electron chi connectivity index (χ1n) is 7.03. The highest BCUT2D eigenvalue weighted by molar-refractivity contribution is 5.78. The fourth-order valence-electron chi connectivity index (χ4n) is 2.14. The molecule has 2 heterocycles. The number of pyridine rings is 1. The number of hydrogen-bond acceptors (Lipinski definition) is 3. The predicted molar refractivity (Wildman–Crippen MR) is 83.5 cm³/mol. The third kappa shape index (κ3) is 3.12. The van der Waals surface area contributed by atoms with E-state index >= 15 is 0 Å². The molecule has 0 amide bonds. The summed E-state index contributed by atoms with van der Waals surface area (Å²) in [5.74, 6) is 0.758. The van der Waals surface area contributed by atoms with Crippen LogP contribution >= 0.6 is 0 Å². The lowest BCUT2D eigenvalue weighted by Gasteiger charge is -2.22. The Morgan fingerprint density at radius 1 is 1.30 bits per heavy atom. The Kier molecular flexibility index (Phi) is 4.04. The van der Waals surface area contributed by atoms with Crippen LogP contribution in [0.15, 0.2) is 18.3 Å². The summed E-state index contributed by atoms with van der Waals surface area (Å²) in [4.78, 5) is 6.83. The van der Waals surface area contributed by atoms with Crippen LogP contribution in [0.4, 0.5) is 0 Å². The third-order valence-electron chi connectivity index (χ3n) is 3.39. The monoisotopic (exact) mass is 275 g/mol. The van der Waals surface area contributed by atoms with Crippen molar-refractivity contribution in [2.75, 3.05) is 27.2 Å². The Balaban J connectivity index is 2.40. The molecule has 0 spiro atoms. The summed E-state index contributed by atoms with van der Waals surface area (Å²) in [7, 11) is 6.10. The van der Waals surface area contributed by atoms with Gasteiger partial charge in [-0.1, -0.05) is 20.8 Å². The van der Waals surface area contributed by atoms with E-state index in [2.05, 4.69) is 37.8 Å². The minimum Gasteiger partial charge on any atom is -0.476 e. The highest BCUT2D eigenvalue weighted by Gasteiger charge is 2.22. The summed E-state index contributed by atoms with van der Waals surface area (Å²) < 4.78 is 7.97. The number of ether oxygens (including phenoxy) is 1. The van der Waals surface area contributed by atoms with Crippen LogP contribution in [0.2, 0.25) is 0 Å². The minimum atomic E-state index is 0.0183. The molecule has 4 nitrogen and oxygen atoms in total. The predicted octanol–water partition coefficient (Wildman–Crippen LogP) is 2.81. The van der Waals surface area contributed by atoms with Crippen molar-refractivity contribution in [2.24, 2.45) is 7.05 Å². The molecule has 0 saturated heterocycles. The number of rotatable bonds is 4. The fourth-order valence-corrected chi connectivity index (χ4v) is 2.14. The van der Waals surface area contributed by atoms with E-state index in [-0.39, 0.29) is 5.41 Å². The largest absolute Gasteiger partial charge is 0.476 e. The topological polar surface area (TPSA) is 30.3 Å². The van der Waals surface area contributed by atoms with Gasteiger partial charge in [0.2, 0.25) is 5.88 Å². The second-order valence-electron chi connectivity index (χ2n) is 6.58. The van der Waals surface area contributed by atoms with Crippen molar-refractivity contribution in [3.63, 3.8) is 0 Å². The van der Waals surface area contributed by atoms with E-state index in [9.17, 15) is 0 Å². The summed E-state index contributed by atoms with van der Waals surface area (Å²) in [6.07, 6.45) is 2.04. The summed E-state index contributed by atoms with van der Waals surface area (Å²) in [6, 6.07) is 4.30. The van der Waals surface area contributed by atoms with Crippen LogP contribution in [0.1, 0.15) is 26.3 Å². The number of hydrogen-bond donors (Lipinski definition) is 0. The summed E-state index contributed by atoms with van der Waals surface area (Å²) in [6.45, 7) is 8.11. The molecule has 110 valence electrons. The van der Waals surface area contributed by atoms with Gasteiger partial charge in [0.25, 0.3) is 0 Å². The lowest BCUT2D eigenvalue weighted by atomic mass is 9.87. The maximum atomic E-state index is 5.94. The first-order chi connectivity index (χ1) is 9.29. The van der Waals surface area contributed by atoms with Gasteiger partial charge in [-0.05, 0) is 31.6 Å². The Bertz CT molecular complexity index is 594. The van der Waals surface area contributed by atoms with E-state index < -0.39 is 0 Å². The van der Waals surface area contributed by atoms with E-state index in [0.29, 0.717) is 6.61 Å². The first-order valence-corrected chi connectivity index (χ1v) is 7.03. The molecule has 20 heavy (non-hydrogen) atoms. The van der Waals surface area contributed by atoms with Gasteiger partial charge in [0, 0.05) is 30.7 Å². The van der Waals surface area contributed by atoms with Crippen LogP contribution < -0.4 is 4.74 Å². The maximum Gasteiger partial charge on any atom is 0.219 e. The van der Waals surface area contributed by atoms with Crippen LogP contribution in [0.25, 0.3) is 11.0 Å². The van der Waals surface area contributed by atoms with Gasteiger partial charge < -0.3 is 14.2 Å². The lowest BCUT2D eigenvalue weighted by molar-refractivity contribution is 0.249. The lowest BCUT2D eigenvalue weighted by Crippen LogP contribution is -2.21. The Morgan fingerprint density at radius 3 is 2.60 bits per heavy atom. The molecule has 0 radical (unpaired) electrons. The van der Waals surface area contributed by atoms with Gasteiger partial charge in [0.15, 0.2) is 0 Å². The van der Waals surface area contributed by atoms with Crippen LogP contribution in [0.5, 0.6) is 5.88 Å². The quantitative estimate of drug-likeness (QED) is 0.859. The molecule has 0 N–H and O–H groups in total. The highest BCUT2D eigenvalue weighted by Crippen LogP contribution is 2.32.